The molecule has 0 amide bonds. The molecule has 10 heteroatoms. The van der Waals surface area contributed by atoms with E-state index >= 15 is 0 Å². The highest BCUT2D eigenvalue weighted by Crippen LogP contribution is 2.38. The van der Waals surface area contributed by atoms with Crippen molar-refractivity contribution in [1.82, 2.24) is 9.29 Å². The van der Waals surface area contributed by atoms with Gasteiger partial charge in [-0.2, -0.15) is 4.31 Å². The van der Waals surface area contributed by atoms with E-state index in [1.807, 2.05) is 32.9 Å². The van der Waals surface area contributed by atoms with Crippen molar-refractivity contribution < 1.29 is 27.5 Å². The van der Waals surface area contributed by atoms with Gasteiger partial charge in [0, 0.05) is 21.6 Å². The topological polar surface area (TPSA) is 106 Å². The van der Waals surface area contributed by atoms with Gasteiger partial charge in [-0.05, 0) is 67.8 Å². The zero-order valence-corrected chi connectivity index (χ0v) is 23.8. The van der Waals surface area contributed by atoms with Crippen LogP contribution in [0.2, 0.25) is 5.02 Å². The number of hydrogen-bond acceptors (Lipinski definition) is 6. The number of sulfonamides is 1. The zero-order chi connectivity index (χ0) is 28.5. The van der Waals surface area contributed by atoms with Gasteiger partial charge in [0.25, 0.3) is 0 Å². The molecule has 4 rings (SSSR count). The number of rotatable bonds is 8. The van der Waals surface area contributed by atoms with E-state index in [4.69, 9.17) is 21.1 Å². The molecule has 1 unspecified atom stereocenters. The Labute approximate surface area is 232 Å². The van der Waals surface area contributed by atoms with Crippen LogP contribution in [-0.4, -0.2) is 49.9 Å². The van der Waals surface area contributed by atoms with Crippen molar-refractivity contribution in [1.29, 1.82) is 0 Å². The molecule has 0 aliphatic rings. The van der Waals surface area contributed by atoms with Gasteiger partial charge in [0.1, 0.15) is 0 Å². The summed E-state index contributed by atoms with van der Waals surface area (Å²) in [6.07, 6.45) is 0. The van der Waals surface area contributed by atoms with E-state index in [-0.39, 0.29) is 4.90 Å². The Balaban J connectivity index is 2.07. The van der Waals surface area contributed by atoms with Crippen LogP contribution in [0.5, 0.6) is 0 Å². The van der Waals surface area contributed by atoms with E-state index in [1.54, 1.807) is 42.5 Å². The van der Waals surface area contributed by atoms with E-state index in [0.717, 1.165) is 46.2 Å². The summed E-state index contributed by atoms with van der Waals surface area (Å²) >= 11 is 6.16. The van der Waals surface area contributed by atoms with Gasteiger partial charge in [0.05, 0.1) is 25.2 Å². The number of ether oxygens (including phenoxy) is 2. The second kappa shape index (κ2) is 11.2. The molecular formula is C29H29ClN2O6S. The number of halogens is 1. The van der Waals surface area contributed by atoms with E-state index < -0.39 is 34.0 Å². The number of nitrogens with one attached hydrogen (secondary N) is 1. The van der Waals surface area contributed by atoms with Crippen LogP contribution in [0.1, 0.15) is 34.0 Å². The summed E-state index contributed by atoms with van der Waals surface area (Å²) in [4.78, 5) is 29.4. The van der Waals surface area contributed by atoms with Crippen molar-refractivity contribution >= 4 is 44.5 Å². The largest absolute Gasteiger partial charge is 0.467 e. The van der Waals surface area contributed by atoms with Gasteiger partial charge in [-0.1, -0.05) is 53.6 Å². The maximum atomic E-state index is 14.4. The molecule has 1 N–H and O–H groups in total. The lowest BCUT2D eigenvalue weighted by atomic mass is 9.96. The van der Waals surface area contributed by atoms with Gasteiger partial charge >= 0.3 is 11.9 Å². The predicted octanol–water partition coefficient (Wildman–Crippen LogP) is 5.24. The minimum atomic E-state index is -4.50. The number of nitrogens with zero attached hydrogens (tertiary/aromatic N) is 1. The molecule has 8 nitrogen and oxygen atoms in total. The number of fused-ring (bicyclic) bond motifs is 1. The lowest BCUT2D eigenvalue weighted by molar-refractivity contribution is -0.158. The molecule has 1 atom stereocenters. The first-order valence-electron chi connectivity index (χ1n) is 12.1. The highest BCUT2D eigenvalue weighted by atomic mass is 35.5. The average molecular weight is 569 g/mol. The van der Waals surface area contributed by atoms with Crippen LogP contribution in [0.25, 0.3) is 10.9 Å². The molecule has 0 spiro atoms. The minimum Gasteiger partial charge on any atom is -0.467 e. The van der Waals surface area contributed by atoms with Crippen LogP contribution < -0.4 is 0 Å². The quantitative estimate of drug-likeness (QED) is 0.230. The van der Waals surface area contributed by atoms with Crippen LogP contribution in [0, 0.1) is 20.8 Å². The molecule has 0 bridgehead atoms. The van der Waals surface area contributed by atoms with Crippen molar-refractivity contribution in [3.05, 3.63) is 99.7 Å². The van der Waals surface area contributed by atoms with Gasteiger partial charge in [-0.3, -0.25) is 0 Å². The monoisotopic (exact) mass is 568 g/mol. The second-order valence-corrected chi connectivity index (χ2v) is 11.5. The smallest absolute Gasteiger partial charge is 0.335 e. The third-order valence-electron chi connectivity index (χ3n) is 6.79. The van der Waals surface area contributed by atoms with Crippen LogP contribution in [0.15, 0.2) is 71.6 Å². The molecule has 0 saturated heterocycles. The van der Waals surface area contributed by atoms with Crippen molar-refractivity contribution in [2.45, 2.75) is 37.8 Å². The Morgan fingerprint density at radius 2 is 1.41 bits per heavy atom. The van der Waals surface area contributed by atoms with E-state index in [1.165, 1.54) is 12.1 Å². The Bertz CT molecular complexity index is 1610. The fraction of sp³-hybridized carbons (Fsp3) is 0.241. The fourth-order valence-electron chi connectivity index (χ4n) is 4.58. The molecule has 0 aliphatic carbocycles. The Morgan fingerprint density at radius 1 is 0.846 bits per heavy atom. The van der Waals surface area contributed by atoms with Crippen LogP contribution in [-0.2, 0) is 29.1 Å². The Hall–Kier alpha value is -3.66. The van der Waals surface area contributed by atoms with Crippen molar-refractivity contribution in [2.24, 2.45) is 0 Å². The molecule has 204 valence electrons. The van der Waals surface area contributed by atoms with Gasteiger partial charge in [0.15, 0.2) is 0 Å². The summed E-state index contributed by atoms with van der Waals surface area (Å²) in [5, 5.41) is 1.41. The standard InChI is InChI=1S/C29H29ClN2O6S/c1-17-6-13-23(14-7-17)39(35,36)32(27(28(33)37-4)29(34)38-5)26(20-8-11-22(30)12-9-20)21-10-15-24-18(2)19(3)31-25(24)16-21/h6-16,26-27,31H,1-5H3. The Morgan fingerprint density at radius 3 is 1.97 bits per heavy atom. The number of benzene rings is 3. The third-order valence-corrected chi connectivity index (χ3v) is 8.88. The maximum absolute atomic E-state index is 14.4. The van der Waals surface area contributed by atoms with Gasteiger partial charge in [-0.25, -0.2) is 18.0 Å². The van der Waals surface area contributed by atoms with Crippen LogP contribution >= 0.6 is 11.6 Å². The summed E-state index contributed by atoms with van der Waals surface area (Å²) in [6.45, 7) is 5.76. The maximum Gasteiger partial charge on any atom is 0.335 e. The van der Waals surface area contributed by atoms with Crippen LogP contribution in [0.3, 0.4) is 0 Å². The number of esters is 2. The molecule has 3 aromatic carbocycles. The molecule has 1 heterocycles. The average Bonchev–Trinajstić information content (AvgIpc) is 3.21. The summed E-state index contributed by atoms with van der Waals surface area (Å²) in [5.41, 5.74) is 4.64. The Kier molecular flexibility index (Phi) is 8.15. The number of aromatic nitrogens is 1. The summed E-state index contributed by atoms with van der Waals surface area (Å²) in [6, 6.07) is 15.1. The van der Waals surface area contributed by atoms with Gasteiger partial charge in [0.2, 0.25) is 16.1 Å². The van der Waals surface area contributed by atoms with Crippen LogP contribution in [0.4, 0.5) is 0 Å². The van der Waals surface area contributed by atoms with E-state index in [9.17, 15) is 18.0 Å². The number of carbonyl (C=O) groups excluding carboxylic acids is 2. The first kappa shape index (κ1) is 28.4. The molecule has 1 aromatic heterocycles. The summed E-state index contributed by atoms with van der Waals surface area (Å²) in [5.74, 6) is -2.16. The minimum absolute atomic E-state index is 0.0995. The van der Waals surface area contributed by atoms with E-state index in [2.05, 4.69) is 4.98 Å². The first-order chi connectivity index (χ1) is 18.5. The van der Waals surface area contributed by atoms with Crippen molar-refractivity contribution in [3.63, 3.8) is 0 Å². The number of aromatic amines is 1. The molecule has 0 fully saturated rings. The fourth-order valence-corrected chi connectivity index (χ4v) is 6.40. The van der Waals surface area contributed by atoms with Crippen molar-refractivity contribution in [3.8, 4) is 0 Å². The number of hydrogen-bond donors (Lipinski definition) is 1. The second-order valence-electron chi connectivity index (χ2n) is 9.23. The zero-order valence-electron chi connectivity index (χ0n) is 22.2. The van der Waals surface area contributed by atoms with Gasteiger partial charge < -0.3 is 14.5 Å². The molecular weight excluding hydrogens is 540 g/mol. The normalized spacial score (nSPS) is 12.6. The number of aryl methyl sites for hydroxylation is 3. The molecule has 0 radical (unpaired) electrons. The highest BCUT2D eigenvalue weighted by molar-refractivity contribution is 7.89. The molecule has 39 heavy (non-hydrogen) atoms. The number of methoxy groups -OCH3 is 2. The SMILES string of the molecule is COC(=O)C(C(=O)OC)N(C(c1ccc(Cl)cc1)c1ccc2c(C)c(C)[nH]c2c1)S(=O)(=O)c1ccc(C)cc1. The number of H-pyrrole nitrogens is 1. The summed E-state index contributed by atoms with van der Waals surface area (Å²) in [7, 11) is -2.33. The van der Waals surface area contributed by atoms with Crippen molar-refractivity contribution in [2.75, 3.05) is 14.2 Å². The lowest BCUT2D eigenvalue weighted by Gasteiger charge is -2.35. The molecule has 0 saturated carbocycles. The summed E-state index contributed by atoms with van der Waals surface area (Å²) < 4.78 is 39.5. The first-order valence-corrected chi connectivity index (χ1v) is 13.9. The third kappa shape index (κ3) is 5.43. The molecule has 0 aliphatic heterocycles. The lowest BCUT2D eigenvalue weighted by Crippen LogP contribution is -2.52. The highest BCUT2D eigenvalue weighted by Gasteiger charge is 2.47. The van der Waals surface area contributed by atoms with E-state index in [0.29, 0.717) is 16.1 Å². The number of carbonyl (C=O) groups is 2. The molecule has 4 aromatic rings. The van der Waals surface area contributed by atoms with Gasteiger partial charge in [-0.15, -0.1) is 0 Å². The predicted molar refractivity (Wildman–Crippen MR) is 149 cm³/mol.